The zero-order valence-corrected chi connectivity index (χ0v) is 13.2. The van der Waals surface area contributed by atoms with Gasteiger partial charge in [-0.3, -0.25) is 0 Å². The summed E-state index contributed by atoms with van der Waals surface area (Å²) in [6, 6.07) is 6.16. The first kappa shape index (κ1) is 16.1. The minimum Gasteiger partial charge on any atom is -0.493 e. The number of benzene rings is 1. The lowest BCUT2D eigenvalue weighted by atomic mass is 10.0. The van der Waals surface area contributed by atoms with Crippen molar-refractivity contribution >= 4 is 0 Å². The maximum absolute atomic E-state index is 6.01. The van der Waals surface area contributed by atoms with Gasteiger partial charge in [-0.15, -0.1) is 0 Å². The van der Waals surface area contributed by atoms with Crippen molar-refractivity contribution in [2.24, 2.45) is 5.92 Å². The van der Waals surface area contributed by atoms with Gasteiger partial charge in [-0.05, 0) is 49.4 Å². The van der Waals surface area contributed by atoms with Gasteiger partial charge >= 0.3 is 0 Å². The van der Waals surface area contributed by atoms with Crippen LogP contribution in [0.1, 0.15) is 31.7 Å². The van der Waals surface area contributed by atoms with Gasteiger partial charge in [0, 0.05) is 19.8 Å². The van der Waals surface area contributed by atoms with Gasteiger partial charge in [-0.2, -0.15) is 0 Å². The van der Waals surface area contributed by atoms with Crippen LogP contribution in [0.5, 0.6) is 11.5 Å². The van der Waals surface area contributed by atoms with E-state index in [0.29, 0.717) is 5.92 Å². The molecule has 4 heteroatoms. The van der Waals surface area contributed by atoms with E-state index in [1.165, 1.54) is 5.56 Å². The summed E-state index contributed by atoms with van der Waals surface area (Å²) in [7, 11) is 1.69. The van der Waals surface area contributed by atoms with E-state index in [1.807, 2.05) is 6.07 Å². The second kappa shape index (κ2) is 8.90. The van der Waals surface area contributed by atoms with Gasteiger partial charge in [-0.1, -0.05) is 13.0 Å². The van der Waals surface area contributed by atoms with Gasteiger partial charge in [0.2, 0.25) is 0 Å². The fraction of sp³-hybridized carbons (Fsp3) is 0.647. The Hall–Kier alpha value is -1.26. The van der Waals surface area contributed by atoms with Gasteiger partial charge < -0.3 is 19.5 Å². The maximum Gasteiger partial charge on any atom is 0.161 e. The quantitative estimate of drug-likeness (QED) is 0.748. The summed E-state index contributed by atoms with van der Waals surface area (Å²) in [6.07, 6.45) is 3.31. The van der Waals surface area contributed by atoms with Gasteiger partial charge in [0.25, 0.3) is 0 Å². The fourth-order valence-corrected chi connectivity index (χ4v) is 2.47. The molecule has 1 saturated heterocycles. The molecule has 0 unspecified atom stereocenters. The maximum atomic E-state index is 6.01. The average molecular weight is 293 g/mol. The van der Waals surface area contributed by atoms with Crippen molar-refractivity contribution in [1.82, 2.24) is 5.32 Å². The molecule has 2 rings (SSSR count). The molecule has 0 saturated carbocycles. The Morgan fingerprint density at radius 3 is 2.76 bits per heavy atom. The summed E-state index contributed by atoms with van der Waals surface area (Å²) in [6.45, 7) is 6.52. The van der Waals surface area contributed by atoms with Gasteiger partial charge in [0.1, 0.15) is 0 Å². The van der Waals surface area contributed by atoms with E-state index in [4.69, 9.17) is 14.2 Å². The normalized spacial score (nSPS) is 15.9. The highest BCUT2D eigenvalue weighted by molar-refractivity contribution is 5.43. The molecule has 0 amide bonds. The zero-order chi connectivity index (χ0) is 14.9. The van der Waals surface area contributed by atoms with Crippen LogP contribution in [-0.4, -0.2) is 33.5 Å². The highest BCUT2D eigenvalue weighted by Gasteiger charge is 2.15. The first-order chi connectivity index (χ1) is 10.3. The van der Waals surface area contributed by atoms with E-state index >= 15 is 0 Å². The van der Waals surface area contributed by atoms with Crippen molar-refractivity contribution in [3.05, 3.63) is 23.8 Å². The topological polar surface area (TPSA) is 39.7 Å². The fourth-order valence-electron chi connectivity index (χ4n) is 2.47. The zero-order valence-electron chi connectivity index (χ0n) is 13.2. The lowest BCUT2D eigenvalue weighted by Crippen LogP contribution is -2.21. The van der Waals surface area contributed by atoms with E-state index in [1.54, 1.807) is 7.11 Å². The second-order valence-corrected chi connectivity index (χ2v) is 5.53. The molecule has 118 valence electrons. The van der Waals surface area contributed by atoms with Crippen LogP contribution >= 0.6 is 0 Å². The average Bonchev–Trinajstić information content (AvgIpc) is 2.54. The largest absolute Gasteiger partial charge is 0.493 e. The summed E-state index contributed by atoms with van der Waals surface area (Å²) < 4.78 is 16.8. The minimum atomic E-state index is 0.588. The van der Waals surface area contributed by atoms with Crippen LogP contribution in [0.2, 0.25) is 0 Å². The molecule has 0 aromatic heterocycles. The number of methoxy groups -OCH3 is 1. The van der Waals surface area contributed by atoms with Crippen molar-refractivity contribution in [1.29, 1.82) is 0 Å². The lowest BCUT2D eigenvalue weighted by Gasteiger charge is -2.22. The molecule has 1 aromatic rings. The lowest BCUT2D eigenvalue weighted by molar-refractivity contribution is 0.0493. The van der Waals surface area contributed by atoms with Crippen molar-refractivity contribution in [3.8, 4) is 11.5 Å². The molecule has 4 nitrogen and oxygen atoms in total. The van der Waals surface area contributed by atoms with E-state index in [0.717, 1.165) is 63.7 Å². The molecule has 1 heterocycles. The molecular weight excluding hydrogens is 266 g/mol. The highest BCUT2D eigenvalue weighted by atomic mass is 16.5. The molecule has 21 heavy (non-hydrogen) atoms. The summed E-state index contributed by atoms with van der Waals surface area (Å²) in [5.74, 6) is 2.24. The number of rotatable bonds is 8. The molecule has 1 aromatic carbocycles. The van der Waals surface area contributed by atoms with Crippen LogP contribution in [0.4, 0.5) is 0 Å². The van der Waals surface area contributed by atoms with Crippen molar-refractivity contribution in [2.45, 2.75) is 32.7 Å². The number of nitrogens with one attached hydrogen (secondary N) is 1. The third-order valence-corrected chi connectivity index (χ3v) is 3.80. The first-order valence-corrected chi connectivity index (χ1v) is 7.91. The van der Waals surface area contributed by atoms with E-state index < -0.39 is 0 Å². The first-order valence-electron chi connectivity index (χ1n) is 7.91. The molecule has 0 spiro atoms. The highest BCUT2D eigenvalue weighted by Crippen LogP contribution is 2.29. The number of hydrogen-bond donors (Lipinski definition) is 1. The Morgan fingerprint density at radius 2 is 2.05 bits per heavy atom. The molecule has 1 aliphatic rings. The Balaban J connectivity index is 1.92. The molecule has 1 fully saturated rings. The van der Waals surface area contributed by atoms with Crippen molar-refractivity contribution in [2.75, 3.05) is 33.5 Å². The van der Waals surface area contributed by atoms with Crippen LogP contribution < -0.4 is 14.8 Å². The van der Waals surface area contributed by atoms with Gasteiger partial charge in [0.05, 0.1) is 13.7 Å². The van der Waals surface area contributed by atoms with Gasteiger partial charge in [0.15, 0.2) is 11.5 Å². The minimum absolute atomic E-state index is 0.588. The third kappa shape index (κ3) is 5.21. The second-order valence-electron chi connectivity index (χ2n) is 5.53. The Kier molecular flexibility index (Phi) is 6.83. The molecule has 0 radical (unpaired) electrons. The van der Waals surface area contributed by atoms with Crippen molar-refractivity contribution in [3.63, 3.8) is 0 Å². The summed E-state index contributed by atoms with van der Waals surface area (Å²) in [5.41, 5.74) is 1.23. The predicted octanol–water partition coefficient (Wildman–Crippen LogP) is 3.00. The van der Waals surface area contributed by atoms with Crippen LogP contribution in [0, 0.1) is 5.92 Å². The standard InChI is InChI=1S/C17H27NO3/c1-3-8-18-12-15-4-5-16(19-2)17(11-15)21-13-14-6-9-20-10-7-14/h4-5,11,14,18H,3,6-10,12-13H2,1-2H3. The van der Waals surface area contributed by atoms with Gasteiger partial charge in [-0.25, -0.2) is 0 Å². The summed E-state index contributed by atoms with van der Waals surface area (Å²) >= 11 is 0. The van der Waals surface area contributed by atoms with Crippen LogP contribution in [0.25, 0.3) is 0 Å². The summed E-state index contributed by atoms with van der Waals surface area (Å²) in [4.78, 5) is 0. The predicted molar refractivity (Wildman–Crippen MR) is 84.0 cm³/mol. The van der Waals surface area contributed by atoms with E-state index in [9.17, 15) is 0 Å². The van der Waals surface area contributed by atoms with E-state index in [-0.39, 0.29) is 0 Å². The van der Waals surface area contributed by atoms with E-state index in [2.05, 4.69) is 24.4 Å². The van der Waals surface area contributed by atoms with Crippen LogP contribution in [0.3, 0.4) is 0 Å². The Bertz CT molecular complexity index is 416. The third-order valence-electron chi connectivity index (χ3n) is 3.80. The molecular formula is C17H27NO3. The monoisotopic (exact) mass is 293 g/mol. The van der Waals surface area contributed by atoms with Crippen molar-refractivity contribution < 1.29 is 14.2 Å². The number of ether oxygens (including phenoxy) is 3. The Morgan fingerprint density at radius 1 is 1.24 bits per heavy atom. The number of hydrogen-bond acceptors (Lipinski definition) is 4. The SMILES string of the molecule is CCCNCc1ccc(OC)c(OCC2CCOCC2)c1. The van der Waals surface area contributed by atoms with Crippen LogP contribution in [0.15, 0.2) is 18.2 Å². The summed E-state index contributed by atoms with van der Waals surface area (Å²) in [5, 5.41) is 3.41. The molecule has 1 aliphatic heterocycles. The molecule has 0 atom stereocenters. The molecule has 0 bridgehead atoms. The molecule has 0 aliphatic carbocycles. The van der Waals surface area contributed by atoms with Crippen LogP contribution in [-0.2, 0) is 11.3 Å². The Labute approximate surface area is 127 Å². The smallest absolute Gasteiger partial charge is 0.161 e. The molecule has 1 N–H and O–H groups in total.